The van der Waals surface area contributed by atoms with Gasteiger partial charge in [0.25, 0.3) is 0 Å². The lowest BCUT2D eigenvalue weighted by Gasteiger charge is -2.11. The SMILES string of the molecule is O=c1cc(-c2ccc(O)cc2)oc2cc(O)c(CCCCCCCCCCCCO)c(O)c12. The van der Waals surface area contributed by atoms with Crippen LogP contribution in [0.4, 0.5) is 0 Å². The van der Waals surface area contributed by atoms with E-state index >= 15 is 0 Å². The minimum absolute atomic E-state index is 0.0751. The Kier molecular flexibility index (Phi) is 9.19. The highest BCUT2D eigenvalue weighted by atomic mass is 16.3. The van der Waals surface area contributed by atoms with E-state index in [0.29, 0.717) is 23.3 Å². The van der Waals surface area contributed by atoms with Gasteiger partial charge in [0.1, 0.15) is 34.0 Å². The molecule has 2 aromatic carbocycles. The van der Waals surface area contributed by atoms with Crippen LogP contribution in [0.5, 0.6) is 17.2 Å². The van der Waals surface area contributed by atoms with Gasteiger partial charge in [-0.1, -0.05) is 51.4 Å². The molecule has 0 saturated carbocycles. The number of fused-ring (bicyclic) bond motifs is 1. The van der Waals surface area contributed by atoms with E-state index in [9.17, 15) is 20.1 Å². The molecule has 0 aliphatic heterocycles. The van der Waals surface area contributed by atoms with Crippen LogP contribution in [0.2, 0.25) is 0 Å². The van der Waals surface area contributed by atoms with E-state index in [1.165, 1.54) is 56.4 Å². The van der Waals surface area contributed by atoms with Crippen LogP contribution in [-0.4, -0.2) is 27.0 Å². The fourth-order valence-corrected chi connectivity index (χ4v) is 4.17. The van der Waals surface area contributed by atoms with Gasteiger partial charge in [-0.25, -0.2) is 0 Å². The predicted molar refractivity (Wildman–Crippen MR) is 130 cm³/mol. The topological polar surface area (TPSA) is 111 Å². The molecule has 0 amide bonds. The minimum Gasteiger partial charge on any atom is -0.508 e. The zero-order valence-corrected chi connectivity index (χ0v) is 19.1. The van der Waals surface area contributed by atoms with Gasteiger partial charge in [0.15, 0.2) is 5.43 Å². The van der Waals surface area contributed by atoms with Gasteiger partial charge < -0.3 is 24.8 Å². The first-order chi connectivity index (χ1) is 16.0. The molecular formula is C27H34O6. The van der Waals surface area contributed by atoms with Crippen molar-refractivity contribution in [2.45, 2.75) is 70.6 Å². The normalized spacial score (nSPS) is 11.3. The Morgan fingerprint density at radius 1 is 0.727 bits per heavy atom. The largest absolute Gasteiger partial charge is 0.508 e. The molecule has 1 aromatic heterocycles. The van der Waals surface area contributed by atoms with Crippen molar-refractivity contribution in [2.75, 3.05) is 6.61 Å². The smallest absolute Gasteiger partial charge is 0.197 e. The zero-order chi connectivity index (χ0) is 23.6. The number of benzene rings is 2. The molecule has 33 heavy (non-hydrogen) atoms. The van der Waals surface area contributed by atoms with Crippen LogP contribution in [0, 0.1) is 0 Å². The third kappa shape index (κ3) is 6.75. The van der Waals surface area contributed by atoms with Gasteiger partial charge in [0.05, 0.1) is 0 Å². The predicted octanol–water partition coefficient (Wildman–Crippen LogP) is 6.01. The van der Waals surface area contributed by atoms with Crippen LogP contribution in [-0.2, 0) is 6.42 Å². The van der Waals surface area contributed by atoms with Gasteiger partial charge in [-0.05, 0) is 43.5 Å². The van der Waals surface area contributed by atoms with E-state index in [4.69, 9.17) is 9.52 Å². The van der Waals surface area contributed by atoms with E-state index in [1.54, 1.807) is 12.1 Å². The number of rotatable bonds is 13. The van der Waals surface area contributed by atoms with Crippen molar-refractivity contribution in [1.29, 1.82) is 0 Å². The van der Waals surface area contributed by atoms with Crippen LogP contribution in [0.15, 0.2) is 45.6 Å². The van der Waals surface area contributed by atoms with Crippen LogP contribution < -0.4 is 5.43 Å². The molecule has 0 saturated heterocycles. The molecule has 6 heteroatoms. The number of phenolic OH excluding ortho intramolecular Hbond substituents is 3. The Morgan fingerprint density at radius 3 is 1.91 bits per heavy atom. The number of hydrogen-bond donors (Lipinski definition) is 4. The first-order valence-corrected chi connectivity index (χ1v) is 11.9. The van der Waals surface area contributed by atoms with Gasteiger partial charge in [0, 0.05) is 29.9 Å². The van der Waals surface area contributed by atoms with Crippen molar-refractivity contribution < 1.29 is 24.8 Å². The standard InChI is InChI=1S/C27H34O6/c28-16-10-8-6-4-2-1-3-5-7-9-11-21-22(30)17-25-26(27(21)32)23(31)18-24(33-25)19-12-14-20(29)15-13-19/h12-15,17-18,28-30,32H,1-11,16H2. The molecule has 0 radical (unpaired) electrons. The summed E-state index contributed by atoms with van der Waals surface area (Å²) in [5, 5.41) is 39.5. The molecule has 0 spiro atoms. The molecule has 0 aliphatic carbocycles. The molecular weight excluding hydrogens is 420 g/mol. The number of hydrogen-bond acceptors (Lipinski definition) is 6. The number of aromatic hydroxyl groups is 3. The highest BCUT2D eigenvalue weighted by molar-refractivity contribution is 5.88. The van der Waals surface area contributed by atoms with Crippen molar-refractivity contribution in [1.82, 2.24) is 0 Å². The van der Waals surface area contributed by atoms with Gasteiger partial charge in [-0.2, -0.15) is 0 Å². The molecule has 3 aromatic rings. The van der Waals surface area contributed by atoms with E-state index in [2.05, 4.69) is 0 Å². The molecule has 0 fully saturated rings. The molecule has 0 atom stereocenters. The maximum Gasteiger partial charge on any atom is 0.197 e. The first-order valence-electron chi connectivity index (χ1n) is 11.9. The second-order valence-corrected chi connectivity index (χ2v) is 8.63. The summed E-state index contributed by atoms with van der Waals surface area (Å²) < 4.78 is 5.78. The lowest BCUT2D eigenvalue weighted by atomic mass is 10.00. The second-order valence-electron chi connectivity index (χ2n) is 8.63. The maximum absolute atomic E-state index is 12.7. The van der Waals surface area contributed by atoms with E-state index < -0.39 is 0 Å². The monoisotopic (exact) mass is 454 g/mol. The van der Waals surface area contributed by atoms with Crippen LogP contribution in [0.3, 0.4) is 0 Å². The van der Waals surface area contributed by atoms with Crippen molar-refractivity contribution in [3.8, 4) is 28.6 Å². The van der Waals surface area contributed by atoms with E-state index in [-0.39, 0.29) is 40.3 Å². The van der Waals surface area contributed by atoms with Gasteiger partial charge in [-0.3, -0.25) is 4.79 Å². The Bertz CT molecular complexity index is 1080. The molecule has 178 valence electrons. The fourth-order valence-electron chi connectivity index (χ4n) is 4.17. The summed E-state index contributed by atoms with van der Waals surface area (Å²) in [6, 6.07) is 8.97. The Balaban J connectivity index is 1.57. The van der Waals surface area contributed by atoms with E-state index in [0.717, 1.165) is 32.1 Å². The summed E-state index contributed by atoms with van der Waals surface area (Å²) in [4.78, 5) is 12.7. The Hall–Kier alpha value is -2.99. The number of phenols is 3. The van der Waals surface area contributed by atoms with Crippen molar-refractivity contribution in [3.05, 3.63) is 52.2 Å². The van der Waals surface area contributed by atoms with Crippen molar-refractivity contribution in [2.24, 2.45) is 0 Å². The van der Waals surface area contributed by atoms with Crippen molar-refractivity contribution >= 4 is 11.0 Å². The molecule has 0 unspecified atom stereocenters. The van der Waals surface area contributed by atoms with Crippen LogP contribution in [0.1, 0.15) is 69.8 Å². The quantitative estimate of drug-likeness (QED) is 0.235. The second kappa shape index (κ2) is 12.3. The first kappa shape index (κ1) is 24.6. The fraction of sp³-hybridized carbons (Fsp3) is 0.444. The third-order valence-electron chi connectivity index (χ3n) is 6.06. The average Bonchev–Trinajstić information content (AvgIpc) is 2.79. The number of aliphatic hydroxyl groups excluding tert-OH is 1. The summed E-state index contributed by atoms with van der Waals surface area (Å²) in [6.45, 7) is 0.286. The molecule has 0 bridgehead atoms. The number of aliphatic hydroxyl groups is 1. The summed E-state index contributed by atoms with van der Waals surface area (Å²) in [5.41, 5.74) is 0.747. The lowest BCUT2D eigenvalue weighted by molar-refractivity contribution is 0.282. The van der Waals surface area contributed by atoms with Gasteiger partial charge in [-0.15, -0.1) is 0 Å². The molecule has 1 heterocycles. The highest BCUT2D eigenvalue weighted by Gasteiger charge is 2.17. The minimum atomic E-state index is -0.378. The summed E-state index contributed by atoms with van der Waals surface area (Å²) in [5.74, 6) is 0.122. The lowest BCUT2D eigenvalue weighted by Crippen LogP contribution is -2.02. The molecule has 4 N–H and O–H groups in total. The van der Waals surface area contributed by atoms with E-state index in [1.807, 2.05) is 0 Å². The van der Waals surface area contributed by atoms with Crippen molar-refractivity contribution in [3.63, 3.8) is 0 Å². The third-order valence-corrected chi connectivity index (χ3v) is 6.06. The van der Waals surface area contributed by atoms with Crippen LogP contribution in [0.25, 0.3) is 22.3 Å². The summed E-state index contributed by atoms with van der Waals surface area (Å²) in [7, 11) is 0. The number of unbranched alkanes of at least 4 members (excludes halogenated alkanes) is 9. The highest BCUT2D eigenvalue weighted by Crippen LogP contribution is 2.36. The van der Waals surface area contributed by atoms with Gasteiger partial charge >= 0.3 is 0 Å². The summed E-state index contributed by atoms with van der Waals surface area (Å²) in [6.07, 6.45) is 11.4. The van der Waals surface area contributed by atoms with Gasteiger partial charge in [0.2, 0.25) is 0 Å². The molecule has 0 aliphatic rings. The van der Waals surface area contributed by atoms with Crippen LogP contribution >= 0.6 is 0 Å². The summed E-state index contributed by atoms with van der Waals surface area (Å²) >= 11 is 0. The Morgan fingerprint density at radius 2 is 1.30 bits per heavy atom. The molecule has 6 nitrogen and oxygen atoms in total. The zero-order valence-electron chi connectivity index (χ0n) is 19.1. The maximum atomic E-state index is 12.7. The molecule has 3 rings (SSSR count). The average molecular weight is 455 g/mol. The Labute approximate surface area is 194 Å².